The number of anilines is 1. The fourth-order valence-electron chi connectivity index (χ4n) is 3.12. The van der Waals surface area contributed by atoms with Gasteiger partial charge in [0.1, 0.15) is 6.61 Å². The van der Waals surface area contributed by atoms with Gasteiger partial charge in [-0.1, -0.05) is 18.2 Å². The monoisotopic (exact) mass is 356 g/mol. The third kappa shape index (κ3) is 4.11. The molecule has 1 N–H and O–H groups in total. The van der Waals surface area contributed by atoms with Crippen molar-refractivity contribution in [1.29, 1.82) is 0 Å². The SMILES string of the molecule is COCC(=O)N1CCCN(C(=O)Nc2cccc3ccc(C)nc23)CC1. The van der Waals surface area contributed by atoms with Crippen LogP contribution in [0.3, 0.4) is 0 Å². The largest absolute Gasteiger partial charge is 0.375 e. The highest BCUT2D eigenvalue weighted by molar-refractivity contribution is 5.99. The van der Waals surface area contributed by atoms with E-state index in [0.717, 1.165) is 23.0 Å². The highest BCUT2D eigenvalue weighted by Gasteiger charge is 2.22. The lowest BCUT2D eigenvalue weighted by atomic mass is 10.2. The van der Waals surface area contributed by atoms with Gasteiger partial charge in [0.25, 0.3) is 0 Å². The predicted octanol–water partition coefficient (Wildman–Crippen LogP) is 2.26. The second kappa shape index (κ2) is 8.14. The van der Waals surface area contributed by atoms with E-state index in [9.17, 15) is 9.59 Å². The number of fused-ring (bicyclic) bond motifs is 1. The van der Waals surface area contributed by atoms with Gasteiger partial charge in [0.15, 0.2) is 0 Å². The fraction of sp³-hybridized carbons (Fsp3) is 0.421. The average molecular weight is 356 g/mol. The summed E-state index contributed by atoms with van der Waals surface area (Å²) in [6.45, 7) is 4.27. The third-order valence-electron chi connectivity index (χ3n) is 4.50. The van der Waals surface area contributed by atoms with Crippen LogP contribution in [0, 0.1) is 6.92 Å². The maximum absolute atomic E-state index is 12.7. The van der Waals surface area contributed by atoms with Crippen LogP contribution in [0.2, 0.25) is 0 Å². The van der Waals surface area contributed by atoms with E-state index in [1.807, 2.05) is 37.3 Å². The van der Waals surface area contributed by atoms with Gasteiger partial charge >= 0.3 is 6.03 Å². The first-order valence-electron chi connectivity index (χ1n) is 8.77. The van der Waals surface area contributed by atoms with Crippen LogP contribution in [0.25, 0.3) is 10.9 Å². The summed E-state index contributed by atoms with van der Waals surface area (Å²) in [6, 6.07) is 9.53. The van der Waals surface area contributed by atoms with Gasteiger partial charge in [0.05, 0.1) is 11.2 Å². The second-order valence-corrected chi connectivity index (χ2v) is 6.41. The van der Waals surface area contributed by atoms with Crippen LogP contribution in [0.5, 0.6) is 0 Å². The Balaban J connectivity index is 1.69. The van der Waals surface area contributed by atoms with E-state index in [1.165, 1.54) is 7.11 Å². The van der Waals surface area contributed by atoms with Crippen molar-refractivity contribution in [3.05, 3.63) is 36.0 Å². The predicted molar refractivity (Wildman–Crippen MR) is 100 cm³/mol. The Kier molecular flexibility index (Phi) is 5.68. The molecule has 1 aromatic heterocycles. The molecule has 0 radical (unpaired) electrons. The molecule has 26 heavy (non-hydrogen) atoms. The summed E-state index contributed by atoms with van der Waals surface area (Å²) in [5, 5.41) is 3.96. The zero-order valence-electron chi connectivity index (χ0n) is 15.2. The molecule has 1 fully saturated rings. The minimum absolute atomic E-state index is 0.0384. The lowest BCUT2D eigenvalue weighted by molar-refractivity contribution is -0.134. The van der Waals surface area contributed by atoms with Crippen molar-refractivity contribution in [1.82, 2.24) is 14.8 Å². The summed E-state index contributed by atoms with van der Waals surface area (Å²) in [7, 11) is 1.51. The molecule has 7 heteroatoms. The maximum atomic E-state index is 12.7. The molecule has 2 heterocycles. The molecule has 0 aliphatic carbocycles. The maximum Gasteiger partial charge on any atom is 0.321 e. The number of nitrogens with zero attached hydrogens (tertiary/aromatic N) is 3. The lowest BCUT2D eigenvalue weighted by Crippen LogP contribution is -2.40. The second-order valence-electron chi connectivity index (χ2n) is 6.41. The van der Waals surface area contributed by atoms with Crippen LogP contribution in [0.1, 0.15) is 12.1 Å². The molecule has 0 saturated carbocycles. The topological polar surface area (TPSA) is 74.8 Å². The molecule has 0 spiro atoms. The average Bonchev–Trinajstić information content (AvgIpc) is 2.89. The van der Waals surface area contributed by atoms with Crippen molar-refractivity contribution in [3.8, 4) is 0 Å². The number of carbonyl (C=O) groups is 2. The Morgan fingerprint density at radius 3 is 2.69 bits per heavy atom. The molecule has 2 aromatic rings. The minimum atomic E-state index is -0.165. The standard InChI is InChI=1S/C19H24N4O3/c1-14-7-8-15-5-3-6-16(18(15)20-14)21-19(25)23-10-4-9-22(11-12-23)17(24)13-26-2/h3,5-8H,4,9-13H2,1-2H3,(H,21,25). The molecule has 0 bridgehead atoms. The Morgan fingerprint density at radius 2 is 1.88 bits per heavy atom. The first-order valence-corrected chi connectivity index (χ1v) is 8.77. The zero-order valence-corrected chi connectivity index (χ0v) is 15.2. The van der Waals surface area contributed by atoms with E-state index in [-0.39, 0.29) is 18.5 Å². The van der Waals surface area contributed by atoms with Gasteiger partial charge < -0.3 is 19.9 Å². The van der Waals surface area contributed by atoms with Crippen LogP contribution in [0.4, 0.5) is 10.5 Å². The van der Waals surface area contributed by atoms with Gasteiger partial charge in [-0.3, -0.25) is 9.78 Å². The zero-order chi connectivity index (χ0) is 18.5. The van der Waals surface area contributed by atoms with Crippen molar-refractivity contribution < 1.29 is 14.3 Å². The summed E-state index contributed by atoms with van der Waals surface area (Å²) >= 11 is 0. The molecular weight excluding hydrogens is 332 g/mol. The molecule has 3 amide bonds. The lowest BCUT2D eigenvalue weighted by Gasteiger charge is -2.22. The number of pyridine rings is 1. The number of carbonyl (C=O) groups excluding carboxylic acids is 2. The van der Waals surface area contributed by atoms with E-state index < -0.39 is 0 Å². The van der Waals surface area contributed by atoms with E-state index in [1.54, 1.807) is 9.80 Å². The minimum Gasteiger partial charge on any atom is -0.375 e. The quantitative estimate of drug-likeness (QED) is 0.915. The smallest absolute Gasteiger partial charge is 0.321 e. The molecule has 1 saturated heterocycles. The number of urea groups is 1. The van der Waals surface area contributed by atoms with Crippen molar-refractivity contribution in [2.75, 3.05) is 45.2 Å². The van der Waals surface area contributed by atoms with Crippen molar-refractivity contribution in [2.45, 2.75) is 13.3 Å². The molecule has 1 aliphatic rings. The number of aromatic nitrogens is 1. The van der Waals surface area contributed by atoms with Crippen LogP contribution >= 0.6 is 0 Å². The van der Waals surface area contributed by atoms with Crippen LogP contribution in [-0.2, 0) is 9.53 Å². The highest BCUT2D eigenvalue weighted by atomic mass is 16.5. The molecule has 0 unspecified atom stereocenters. The number of rotatable bonds is 3. The number of nitrogens with one attached hydrogen (secondary N) is 1. The molecule has 1 aliphatic heterocycles. The number of hydrogen-bond acceptors (Lipinski definition) is 4. The summed E-state index contributed by atoms with van der Waals surface area (Å²) in [4.78, 5) is 32.7. The van der Waals surface area contributed by atoms with Crippen molar-refractivity contribution >= 4 is 28.5 Å². The number of benzene rings is 1. The van der Waals surface area contributed by atoms with Gasteiger partial charge in [0.2, 0.25) is 5.91 Å². The van der Waals surface area contributed by atoms with E-state index in [0.29, 0.717) is 31.9 Å². The molecule has 3 rings (SSSR count). The van der Waals surface area contributed by atoms with Gasteiger partial charge in [-0.25, -0.2) is 4.79 Å². The van der Waals surface area contributed by atoms with Gasteiger partial charge in [0, 0.05) is 44.4 Å². The van der Waals surface area contributed by atoms with Crippen molar-refractivity contribution in [3.63, 3.8) is 0 Å². The number of para-hydroxylation sites is 1. The molecule has 138 valence electrons. The van der Waals surface area contributed by atoms with E-state index >= 15 is 0 Å². The Labute approximate surface area is 152 Å². The van der Waals surface area contributed by atoms with E-state index in [2.05, 4.69) is 10.3 Å². The van der Waals surface area contributed by atoms with Gasteiger partial charge in [-0.2, -0.15) is 0 Å². The molecule has 1 aromatic carbocycles. The molecular formula is C19H24N4O3. The van der Waals surface area contributed by atoms with Gasteiger partial charge in [-0.05, 0) is 25.5 Å². The highest BCUT2D eigenvalue weighted by Crippen LogP contribution is 2.22. The van der Waals surface area contributed by atoms with Crippen LogP contribution in [0.15, 0.2) is 30.3 Å². The Morgan fingerprint density at radius 1 is 1.12 bits per heavy atom. The first kappa shape index (κ1) is 18.1. The van der Waals surface area contributed by atoms with E-state index in [4.69, 9.17) is 4.74 Å². The Hall–Kier alpha value is -2.67. The van der Waals surface area contributed by atoms with Crippen LogP contribution in [-0.4, -0.2) is 66.6 Å². The van der Waals surface area contributed by atoms with Gasteiger partial charge in [-0.15, -0.1) is 0 Å². The summed E-state index contributed by atoms with van der Waals surface area (Å²) in [6.07, 6.45) is 0.746. The molecule has 7 nitrogen and oxygen atoms in total. The number of amides is 3. The number of aryl methyl sites for hydroxylation is 1. The Bertz CT molecular complexity index is 808. The number of ether oxygens (including phenoxy) is 1. The summed E-state index contributed by atoms with van der Waals surface area (Å²) in [5.74, 6) is -0.0384. The summed E-state index contributed by atoms with van der Waals surface area (Å²) < 4.78 is 4.91. The fourth-order valence-corrected chi connectivity index (χ4v) is 3.12. The third-order valence-corrected chi connectivity index (χ3v) is 4.50. The number of methoxy groups -OCH3 is 1. The van der Waals surface area contributed by atoms with Crippen molar-refractivity contribution in [2.24, 2.45) is 0 Å². The number of hydrogen-bond donors (Lipinski definition) is 1. The molecule has 0 atom stereocenters. The first-order chi connectivity index (χ1) is 12.6. The van der Waals surface area contributed by atoms with Crippen LogP contribution < -0.4 is 5.32 Å². The summed E-state index contributed by atoms with van der Waals surface area (Å²) in [5.41, 5.74) is 2.39. The normalized spacial score (nSPS) is 15.0.